The number of anilines is 2. The molecule has 2 atom stereocenters. The van der Waals surface area contributed by atoms with Crippen LogP contribution in [0.4, 0.5) is 22.7 Å². The van der Waals surface area contributed by atoms with Crippen LogP contribution in [-0.4, -0.2) is 45.2 Å². The van der Waals surface area contributed by atoms with Crippen molar-refractivity contribution in [3.8, 4) is 0 Å². The quantitative estimate of drug-likeness (QED) is 0.510. The molecule has 2 aromatic carbocycles. The Balaban J connectivity index is 1.79. The SMILES string of the molecule is Cc1ccc(C)c(Nc2c([N+](=O)[O-])cc(C(=O)N3CC(=O)N[C@@H]4C=CC=C[C@H]43)cc2[N+](=O)[O-])c1. The van der Waals surface area contributed by atoms with Crippen LogP contribution in [0.3, 0.4) is 0 Å². The van der Waals surface area contributed by atoms with Gasteiger partial charge in [0.05, 0.1) is 27.5 Å². The minimum Gasteiger partial charge on any atom is -0.346 e. The maximum Gasteiger partial charge on any atom is 0.300 e. The van der Waals surface area contributed by atoms with Crippen molar-refractivity contribution in [1.82, 2.24) is 10.2 Å². The maximum absolute atomic E-state index is 13.3. The predicted molar refractivity (Wildman–Crippen MR) is 124 cm³/mol. The van der Waals surface area contributed by atoms with Gasteiger partial charge in [-0.05, 0) is 31.0 Å². The Morgan fingerprint density at radius 3 is 2.35 bits per heavy atom. The van der Waals surface area contributed by atoms with Crippen molar-refractivity contribution < 1.29 is 19.4 Å². The molecular weight excluding hydrogens is 442 g/mol. The van der Waals surface area contributed by atoms with Gasteiger partial charge < -0.3 is 15.5 Å². The van der Waals surface area contributed by atoms with Gasteiger partial charge in [-0.2, -0.15) is 0 Å². The molecule has 2 amide bonds. The standard InChI is InChI=1S/C23H21N5O6/c1-13-7-8-14(2)17(9-13)25-22-19(27(31)32)10-15(11-20(22)28(33)34)23(30)26-12-21(29)24-16-5-3-4-6-18(16)26/h3-11,16,18,25H,12H2,1-2H3,(H,24,29)/t16-,18-/m1/s1. The second kappa shape index (κ2) is 8.77. The number of nitrogens with one attached hydrogen (secondary N) is 2. The lowest BCUT2D eigenvalue weighted by atomic mass is 9.97. The Labute approximate surface area is 194 Å². The van der Waals surface area contributed by atoms with Gasteiger partial charge in [0.15, 0.2) is 5.69 Å². The first kappa shape index (κ1) is 22.6. The van der Waals surface area contributed by atoms with Crippen molar-refractivity contribution in [2.45, 2.75) is 25.9 Å². The summed E-state index contributed by atoms with van der Waals surface area (Å²) in [5.41, 5.74) is 0.261. The number of allylic oxidation sites excluding steroid dienone is 2. The lowest BCUT2D eigenvalue weighted by molar-refractivity contribution is -0.392. The number of nitro groups is 2. The second-order valence-electron chi connectivity index (χ2n) is 8.13. The summed E-state index contributed by atoms with van der Waals surface area (Å²) in [5, 5.41) is 29.4. The number of nitro benzene ring substituents is 2. The molecule has 4 rings (SSSR count). The van der Waals surface area contributed by atoms with Gasteiger partial charge in [0.1, 0.15) is 6.54 Å². The molecule has 2 aromatic rings. The molecule has 0 bridgehead atoms. The van der Waals surface area contributed by atoms with Gasteiger partial charge in [-0.15, -0.1) is 0 Å². The van der Waals surface area contributed by atoms with Gasteiger partial charge in [0.2, 0.25) is 5.91 Å². The van der Waals surface area contributed by atoms with Crippen LogP contribution < -0.4 is 10.6 Å². The van der Waals surface area contributed by atoms with E-state index in [-0.39, 0.29) is 17.8 Å². The first-order valence-electron chi connectivity index (χ1n) is 10.4. The van der Waals surface area contributed by atoms with E-state index in [0.29, 0.717) is 5.69 Å². The van der Waals surface area contributed by atoms with E-state index >= 15 is 0 Å². The average Bonchev–Trinajstić information content (AvgIpc) is 2.80. The Bertz CT molecular complexity index is 1250. The first-order chi connectivity index (χ1) is 16.2. The molecule has 0 radical (unpaired) electrons. The second-order valence-corrected chi connectivity index (χ2v) is 8.13. The number of amides is 2. The van der Waals surface area contributed by atoms with Crippen molar-refractivity contribution in [2.75, 3.05) is 11.9 Å². The smallest absolute Gasteiger partial charge is 0.300 e. The third-order valence-electron chi connectivity index (χ3n) is 5.76. The van der Waals surface area contributed by atoms with Crippen LogP contribution in [-0.2, 0) is 4.79 Å². The molecule has 0 aromatic heterocycles. The molecule has 2 aliphatic rings. The molecule has 1 saturated heterocycles. The van der Waals surface area contributed by atoms with Crippen molar-refractivity contribution in [3.05, 3.63) is 91.6 Å². The summed E-state index contributed by atoms with van der Waals surface area (Å²) < 4.78 is 0. The van der Waals surface area contributed by atoms with E-state index < -0.39 is 45.1 Å². The van der Waals surface area contributed by atoms with Crippen LogP contribution in [0, 0.1) is 34.1 Å². The van der Waals surface area contributed by atoms with Gasteiger partial charge in [-0.25, -0.2) is 0 Å². The van der Waals surface area contributed by atoms with Crippen LogP contribution in [0.15, 0.2) is 54.6 Å². The lowest BCUT2D eigenvalue weighted by Crippen LogP contribution is -2.61. The molecule has 1 aliphatic heterocycles. The highest BCUT2D eigenvalue weighted by molar-refractivity contribution is 6.00. The number of rotatable bonds is 5. The summed E-state index contributed by atoms with van der Waals surface area (Å²) >= 11 is 0. The van der Waals surface area contributed by atoms with Crippen LogP contribution in [0.2, 0.25) is 0 Å². The zero-order valence-electron chi connectivity index (χ0n) is 18.3. The zero-order chi connectivity index (χ0) is 24.6. The third-order valence-corrected chi connectivity index (χ3v) is 5.76. The molecule has 11 nitrogen and oxygen atoms in total. The highest BCUT2D eigenvalue weighted by Gasteiger charge is 2.38. The van der Waals surface area contributed by atoms with Gasteiger partial charge in [0, 0.05) is 17.8 Å². The Morgan fingerprint density at radius 1 is 1.06 bits per heavy atom. The van der Waals surface area contributed by atoms with E-state index in [0.717, 1.165) is 23.3 Å². The number of benzene rings is 2. The molecule has 0 unspecified atom stereocenters. The first-order valence-corrected chi connectivity index (χ1v) is 10.4. The van der Waals surface area contributed by atoms with E-state index in [2.05, 4.69) is 10.6 Å². The molecular formula is C23H21N5O6. The summed E-state index contributed by atoms with van der Waals surface area (Å²) in [7, 11) is 0. The van der Waals surface area contributed by atoms with Crippen LogP contribution in [0.5, 0.6) is 0 Å². The summed E-state index contributed by atoms with van der Waals surface area (Å²) in [5.74, 6) is -1.11. The number of fused-ring (bicyclic) bond motifs is 1. The Hall–Kier alpha value is -4.54. The van der Waals surface area contributed by atoms with Crippen molar-refractivity contribution in [3.63, 3.8) is 0 Å². The number of piperazine rings is 1. The highest BCUT2D eigenvalue weighted by Crippen LogP contribution is 2.39. The molecule has 1 fully saturated rings. The molecule has 1 aliphatic carbocycles. The average molecular weight is 463 g/mol. The normalized spacial score (nSPS) is 18.8. The van der Waals surface area contributed by atoms with Crippen LogP contribution >= 0.6 is 0 Å². The summed E-state index contributed by atoms with van der Waals surface area (Å²) in [6.07, 6.45) is 6.91. The molecule has 2 N–H and O–H groups in total. The topological polar surface area (TPSA) is 148 Å². The number of hydrogen-bond donors (Lipinski definition) is 2. The van der Waals surface area contributed by atoms with E-state index in [1.807, 2.05) is 13.0 Å². The van der Waals surface area contributed by atoms with Gasteiger partial charge in [0.25, 0.3) is 5.91 Å². The van der Waals surface area contributed by atoms with E-state index in [1.165, 1.54) is 4.90 Å². The number of carbonyl (C=O) groups excluding carboxylic acids is 2. The van der Waals surface area contributed by atoms with Crippen LogP contribution in [0.25, 0.3) is 0 Å². The minimum atomic E-state index is -0.772. The molecule has 0 saturated carbocycles. The van der Waals surface area contributed by atoms with Crippen molar-refractivity contribution in [1.29, 1.82) is 0 Å². The summed E-state index contributed by atoms with van der Waals surface area (Å²) in [6.45, 7) is 3.32. The van der Waals surface area contributed by atoms with Crippen molar-refractivity contribution in [2.24, 2.45) is 0 Å². The third kappa shape index (κ3) is 4.22. The van der Waals surface area contributed by atoms with Crippen molar-refractivity contribution >= 4 is 34.6 Å². The number of carbonyl (C=O) groups is 2. The Kier molecular flexibility index (Phi) is 5.84. The number of aryl methyl sites for hydroxylation is 2. The van der Waals surface area contributed by atoms with E-state index in [9.17, 15) is 29.8 Å². The number of nitrogens with zero attached hydrogens (tertiary/aromatic N) is 3. The largest absolute Gasteiger partial charge is 0.346 e. The molecule has 1 heterocycles. The summed E-state index contributed by atoms with van der Waals surface area (Å²) in [6, 6.07) is 6.40. The van der Waals surface area contributed by atoms with Gasteiger partial charge in [-0.3, -0.25) is 29.8 Å². The molecule has 0 spiro atoms. The fourth-order valence-corrected chi connectivity index (χ4v) is 4.05. The fraction of sp³-hybridized carbons (Fsp3) is 0.217. The Morgan fingerprint density at radius 2 is 1.71 bits per heavy atom. The molecule has 174 valence electrons. The van der Waals surface area contributed by atoms with Gasteiger partial charge >= 0.3 is 11.4 Å². The van der Waals surface area contributed by atoms with E-state index in [4.69, 9.17) is 0 Å². The monoisotopic (exact) mass is 463 g/mol. The van der Waals surface area contributed by atoms with Gasteiger partial charge in [-0.1, -0.05) is 36.4 Å². The van der Waals surface area contributed by atoms with E-state index in [1.54, 1.807) is 43.4 Å². The maximum atomic E-state index is 13.3. The molecule has 11 heteroatoms. The summed E-state index contributed by atoms with van der Waals surface area (Å²) in [4.78, 5) is 49.0. The predicted octanol–water partition coefficient (Wildman–Crippen LogP) is 3.30. The lowest BCUT2D eigenvalue weighted by Gasteiger charge is -2.39. The fourth-order valence-electron chi connectivity index (χ4n) is 4.05. The minimum absolute atomic E-state index is 0.249. The zero-order valence-corrected chi connectivity index (χ0v) is 18.3. The number of hydrogen-bond acceptors (Lipinski definition) is 7. The van der Waals surface area contributed by atoms with Crippen LogP contribution in [0.1, 0.15) is 21.5 Å². The highest BCUT2D eigenvalue weighted by atomic mass is 16.6. The molecule has 34 heavy (non-hydrogen) atoms.